The molecular weight excluding hydrogens is 314 g/mol. The molecule has 5 heteroatoms. The fourth-order valence-electron chi connectivity index (χ4n) is 3.37. The lowest BCUT2D eigenvalue weighted by Gasteiger charge is -2.38. The van der Waals surface area contributed by atoms with E-state index in [0.29, 0.717) is 17.7 Å². The zero-order valence-corrected chi connectivity index (χ0v) is 14.0. The van der Waals surface area contributed by atoms with Crippen LogP contribution in [0, 0.1) is 5.92 Å². The van der Waals surface area contributed by atoms with Crippen LogP contribution < -0.4 is 15.5 Å². The fraction of sp³-hybridized carbons (Fsp3) is 0.300. The maximum atomic E-state index is 13.0. The number of rotatable bonds is 4. The number of hydrogen-bond donors (Lipinski definition) is 1. The molecule has 0 atom stereocenters. The van der Waals surface area contributed by atoms with E-state index < -0.39 is 5.91 Å². The van der Waals surface area contributed by atoms with Gasteiger partial charge in [0.25, 0.3) is 5.91 Å². The zero-order valence-electron chi connectivity index (χ0n) is 14.0. The van der Waals surface area contributed by atoms with Gasteiger partial charge in [0, 0.05) is 30.8 Å². The molecule has 2 N–H and O–H groups in total. The third-order valence-corrected chi connectivity index (χ3v) is 4.94. The van der Waals surface area contributed by atoms with Crippen molar-refractivity contribution >= 4 is 23.2 Å². The van der Waals surface area contributed by atoms with E-state index in [1.807, 2.05) is 23.1 Å². The van der Waals surface area contributed by atoms with E-state index in [9.17, 15) is 9.59 Å². The molecule has 2 aliphatic rings. The van der Waals surface area contributed by atoms with Gasteiger partial charge in [0.2, 0.25) is 5.91 Å². The molecular formula is C20H21N3O2. The monoisotopic (exact) mass is 335 g/mol. The van der Waals surface area contributed by atoms with Gasteiger partial charge in [0.1, 0.15) is 0 Å². The molecule has 2 aromatic carbocycles. The molecule has 5 nitrogen and oxygen atoms in total. The molecule has 25 heavy (non-hydrogen) atoms. The second kappa shape index (κ2) is 6.24. The number of hydrogen-bond acceptors (Lipinski definition) is 3. The van der Waals surface area contributed by atoms with Crippen LogP contribution in [0.15, 0.2) is 48.5 Å². The molecule has 2 amide bonds. The first-order valence-electron chi connectivity index (χ1n) is 8.69. The molecule has 4 rings (SSSR count). The molecule has 1 heterocycles. The Labute approximate surface area is 147 Å². The molecule has 2 aromatic rings. The highest BCUT2D eigenvalue weighted by molar-refractivity contribution is 6.08. The van der Waals surface area contributed by atoms with E-state index >= 15 is 0 Å². The van der Waals surface area contributed by atoms with Gasteiger partial charge >= 0.3 is 0 Å². The smallest absolute Gasteiger partial charge is 0.258 e. The molecule has 0 unspecified atom stereocenters. The maximum absolute atomic E-state index is 13.0. The van der Waals surface area contributed by atoms with Crippen LogP contribution in [-0.4, -0.2) is 31.4 Å². The Morgan fingerprint density at radius 1 is 0.920 bits per heavy atom. The molecule has 128 valence electrons. The normalized spacial score (nSPS) is 16.5. The van der Waals surface area contributed by atoms with Gasteiger partial charge in [0.15, 0.2) is 0 Å². The summed E-state index contributed by atoms with van der Waals surface area (Å²) < 4.78 is 0. The summed E-state index contributed by atoms with van der Waals surface area (Å²) in [6.45, 7) is 2.59. The van der Waals surface area contributed by atoms with Gasteiger partial charge in [-0.05, 0) is 55.2 Å². The quantitative estimate of drug-likeness (QED) is 0.934. The number of carbonyl (C=O) groups excluding carboxylic acids is 2. The maximum Gasteiger partial charge on any atom is 0.258 e. The summed E-state index contributed by atoms with van der Waals surface area (Å²) in [4.78, 5) is 28.4. The van der Waals surface area contributed by atoms with Crippen LogP contribution in [0.3, 0.4) is 0 Å². The van der Waals surface area contributed by atoms with Crippen molar-refractivity contribution in [1.82, 2.24) is 0 Å². The minimum absolute atomic E-state index is 0.0467. The topological polar surface area (TPSA) is 66.6 Å². The van der Waals surface area contributed by atoms with Crippen molar-refractivity contribution in [3.05, 3.63) is 59.7 Å². The predicted molar refractivity (Wildman–Crippen MR) is 98.0 cm³/mol. The minimum Gasteiger partial charge on any atom is -0.368 e. The largest absolute Gasteiger partial charge is 0.368 e. The van der Waals surface area contributed by atoms with E-state index in [0.717, 1.165) is 30.4 Å². The van der Waals surface area contributed by atoms with Crippen LogP contribution in [0.5, 0.6) is 0 Å². The van der Waals surface area contributed by atoms with Crippen molar-refractivity contribution in [2.75, 3.05) is 29.4 Å². The van der Waals surface area contributed by atoms with Crippen LogP contribution >= 0.6 is 0 Å². The Balaban J connectivity index is 1.61. The molecule has 0 bridgehead atoms. The number of nitrogens with two attached hydrogens (primary N) is 1. The van der Waals surface area contributed by atoms with Crippen molar-refractivity contribution in [1.29, 1.82) is 0 Å². The number of carbonyl (C=O) groups is 2. The summed E-state index contributed by atoms with van der Waals surface area (Å²) in [5, 5.41) is 0. The third kappa shape index (κ3) is 3.09. The van der Waals surface area contributed by atoms with Crippen LogP contribution in [0.2, 0.25) is 0 Å². The van der Waals surface area contributed by atoms with Gasteiger partial charge in [-0.15, -0.1) is 0 Å². The lowest BCUT2D eigenvalue weighted by atomic mass is 10.1. The van der Waals surface area contributed by atoms with E-state index in [1.54, 1.807) is 24.3 Å². The number of para-hydroxylation sites is 2. The molecule has 1 fully saturated rings. The number of amides is 2. The Kier molecular flexibility index (Phi) is 3.92. The summed E-state index contributed by atoms with van der Waals surface area (Å²) in [6, 6.07) is 14.6. The van der Waals surface area contributed by atoms with Crippen LogP contribution in [0.1, 0.15) is 33.6 Å². The highest BCUT2D eigenvalue weighted by atomic mass is 16.2. The highest BCUT2D eigenvalue weighted by Gasteiger charge is 2.31. The summed E-state index contributed by atoms with van der Waals surface area (Å²) in [5.41, 5.74) is 8.32. The van der Waals surface area contributed by atoms with Gasteiger partial charge in [-0.3, -0.25) is 9.59 Å². The Bertz CT molecular complexity index is 812. The van der Waals surface area contributed by atoms with Gasteiger partial charge in [0.05, 0.1) is 11.4 Å². The van der Waals surface area contributed by atoms with Crippen LogP contribution in [-0.2, 0) is 0 Å². The number of benzene rings is 2. The second-order valence-electron chi connectivity index (χ2n) is 6.78. The van der Waals surface area contributed by atoms with Gasteiger partial charge in [-0.2, -0.15) is 0 Å². The lowest BCUT2D eigenvalue weighted by Crippen LogP contribution is -2.44. The first-order valence-corrected chi connectivity index (χ1v) is 8.69. The average molecular weight is 335 g/mol. The van der Waals surface area contributed by atoms with Crippen molar-refractivity contribution in [3.63, 3.8) is 0 Å². The Hall–Kier alpha value is -2.82. The molecule has 0 spiro atoms. The Morgan fingerprint density at radius 3 is 2.20 bits per heavy atom. The number of primary amides is 1. The summed E-state index contributed by atoms with van der Waals surface area (Å²) in [5.74, 6) is 0.268. The fourth-order valence-corrected chi connectivity index (χ4v) is 3.37. The van der Waals surface area contributed by atoms with Crippen LogP contribution in [0.4, 0.5) is 11.4 Å². The summed E-state index contributed by atoms with van der Waals surface area (Å²) >= 11 is 0. The SMILES string of the molecule is NC(=O)c1ccc(C(=O)N2CCN(CC3CC3)c3ccccc32)cc1. The zero-order chi connectivity index (χ0) is 17.4. The summed E-state index contributed by atoms with van der Waals surface area (Å²) in [6.07, 6.45) is 2.63. The van der Waals surface area contributed by atoms with E-state index in [1.165, 1.54) is 12.8 Å². The van der Waals surface area contributed by atoms with Crippen molar-refractivity contribution in [2.45, 2.75) is 12.8 Å². The third-order valence-electron chi connectivity index (χ3n) is 4.94. The van der Waals surface area contributed by atoms with Crippen molar-refractivity contribution < 1.29 is 9.59 Å². The lowest BCUT2D eigenvalue weighted by molar-refractivity contribution is 0.0980. The summed E-state index contributed by atoms with van der Waals surface area (Å²) in [7, 11) is 0. The molecule has 1 saturated carbocycles. The standard InChI is InChI=1S/C20H21N3O2/c21-19(24)15-7-9-16(10-8-15)20(25)23-12-11-22(13-14-5-6-14)17-3-1-2-4-18(17)23/h1-4,7-10,14H,5-6,11-13H2,(H2,21,24). The van der Waals surface area contributed by atoms with E-state index in [-0.39, 0.29) is 5.91 Å². The van der Waals surface area contributed by atoms with E-state index in [2.05, 4.69) is 11.0 Å². The second-order valence-corrected chi connectivity index (χ2v) is 6.78. The van der Waals surface area contributed by atoms with Crippen LogP contribution in [0.25, 0.3) is 0 Å². The molecule has 1 aliphatic carbocycles. The predicted octanol–water partition coefficient (Wildman–Crippen LogP) is 2.66. The van der Waals surface area contributed by atoms with Crippen molar-refractivity contribution in [3.8, 4) is 0 Å². The number of nitrogens with zero attached hydrogens (tertiary/aromatic N) is 2. The minimum atomic E-state index is -0.488. The first kappa shape index (κ1) is 15.7. The van der Waals surface area contributed by atoms with Gasteiger partial charge in [-0.1, -0.05) is 12.1 Å². The van der Waals surface area contributed by atoms with E-state index in [4.69, 9.17) is 5.73 Å². The molecule has 0 aromatic heterocycles. The molecule has 1 aliphatic heterocycles. The molecule has 0 radical (unpaired) electrons. The van der Waals surface area contributed by atoms with Gasteiger partial charge in [-0.25, -0.2) is 0 Å². The van der Waals surface area contributed by atoms with Crippen molar-refractivity contribution in [2.24, 2.45) is 11.7 Å². The molecule has 0 saturated heterocycles. The van der Waals surface area contributed by atoms with Gasteiger partial charge < -0.3 is 15.5 Å². The first-order chi connectivity index (χ1) is 12.1. The number of anilines is 2. The number of fused-ring (bicyclic) bond motifs is 1. The average Bonchev–Trinajstić information content (AvgIpc) is 3.45. The highest BCUT2D eigenvalue weighted by Crippen LogP contribution is 2.37. The Morgan fingerprint density at radius 2 is 1.56 bits per heavy atom.